The fourth-order valence-corrected chi connectivity index (χ4v) is 1.70. The maximum Gasteiger partial charge on any atom is 0.301 e. The molecule has 84 valence electrons. The van der Waals surface area contributed by atoms with E-state index in [4.69, 9.17) is 16.0 Å². The lowest BCUT2D eigenvalue weighted by atomic mass is 10.1. The molecule has 0 bridgehead atoms. The monoisotopic (exact) mass is 221 g/mol. The van der Waals surface area contributed by atoms with Crippen molar-refractivity contribution >= 4 is 5.82 Å². The molecule has 0 saturated carbocycles. The molecule has 1 saturated heterocycles. The minimum Gasteiger partial charge on any atom is -0.351 e. The predicted molar refractivity (Wildman–Crippen MR) is 53.9 cm³/mol. The van der Waals surface area contributed by atoms with Gasteiger partial charge in [-0.25, -0.2) is 9.97 Å². The molecular weight excluding hydrogens is 210 g/mol. The van der Waals surface area contributed by atoms with E-state index in [9.17, 15) is 0 Å². The van der Waals surface area contributed by atoms with E-state index in [2.05, 4.69) is 21.0 Å². The van der Waals surface area contributed by atoms with E-state index in [-0.39, 0.29) is 11.8 Å². The lowest BCUT2D eigenvalue weighted by molar-refractivity contribution is -0.214. The average molecular weight is 221 g/mol. The fourth-order valence-electron chi connectivity index (χ4n) is 1.70. The Morgan fingerprint density at radius 2 is 2.31 bits per heavy atom. The molecule has 2 rings (SSSR count). The number of nitrogens with two attached hydrogens (primary N) is 1. The van der Waals surface area contributed by atoms with Crippen molar-refractivity contribution in [3.63, 3.8) is 0 Å². The zero-order valence-corrected chi connectivity index (χ0v) is 8.54. The van der Waals surface area contributed by atoms with Crippen LogP contribution in [0.5, 0.6) is 5.88 Å². The van der Waals surface area contributed by atoms with Crippen LogP contribution in [0, 0.1) is 17.2 Å². The van der Waals surface area contributed by atoms with Crippen molar-refractivity contribution in [2.75, 3.05) is 18.0 Å². The maximum absolute atomic E-state index is 8.81. The van der Waals surface area contributed by atoms with Crippen LogP contribution in [0.1, 0.15) is 6.42 Å². The van der Waals surface area contributed by atoms with Gasteiger partial charge < -0.3 is 4.90 Å². The Kier molecular flexibility index (Phi) is 3.14. The molecular formula is C9H11N5O2. The van der Waals surface area contributed by atoms with Gasteiger partial charge in [-0.15, -0.1) is 0 Å². The van der Waals surface area contributed by atoms with Crippen LogP contribution in [0.25, 0.3) is 0 Å². The van der Waals surface area contributed by atoms with E-state index in [1.165, 1.54) is 6.20 Å². The van der Waals surface area contributed by atoms with E-state index < -0.39 is 0 Å². The molecule has 0 amide bonds. The highest BCUT2D eigenvalue weighted by Gasteiger charge is 2.26. The van der Waals surface area contributed by atoms with Crippen LogP contribution in [0.3, 0.4) is 0 Å². The van der Waals surface area contributed by atoms with Gasteiger partial charge in [0.25, 0.3) is 0 Å². The summed E-state index contributed by atoms with van der Waals surface area (Å²) in [6.45, 7) is 1.37. The molecule has 7 heteroatoms. The zero-order chi connectivity index (χ0) is 11.4. The lowest BCUT2D eigenvalue weighted by Gasteiger charge is -2.17. The van der Waals surface area contributed by atoms with Gasteiger partial charge in [-0.05, 0) is 6.42 Å². The predicted octanol–water partition coefficient (Wildman–Crippen LogP) is 0.0106. The summed E-state index contributed by atoms with van der Waals surface area (Å²) in [5, 5.41) is 8.81. The highest BCUT2D eigenvalue weighted by Crippen LogP contribution is 2.27. The molecule has 1 unspecified atom stereocenters. The number of nitriles is 1. The van der Waals surface area contributed by atoms with Crippen LogP contribution in [0.2, 0.25) is 0 Å². The first-order chi connectivity index (χ1) is 7.85. The quantitative estimate of drug-likeness (QED) is 0.567. The van der Waals surface area contributed by atoms with Gasteiger partial charge in [0.05, 0.1) is 12.0 Å². The molecule has 0 radical (unpaired) electrons. The minimum absolute atomic E-state index is 0.0219. The molecule has 16 heavy (non-hydrogen) atoms. The summed E-state index contributed by atoms with van der Waals surface area (Å²) >= 11 is 0. The summed E-state index contributed by atoms with van der Waals surface area (Å²) in [7, 11) is 0. The van der Waals surface area contributed by atoms with Crippen LogP contribution in [-0.4, -0.2) is 23.1 Å². The Bertz CT molecular complexity index is 405. The smallest absolute Gasteiger partial charge is 0.301 e. The fraction of sp³-hybridized carbons (Fsp3) is 0.444. The van der Waals surface area contributed by atoms with Crippen molar-refractivity contribution in [3.05, 3.63) is 12.4 Å². The normalized spacial score (nSPS) is 19.5. The third kappa shape index (κ3) is 2.03. The second-order valence-electron chi connectivity index (χ2n) is 3.43. The van der Waals surface area contributed by atoms with Gasteiger partial charge in [-0.1, -0.05) is 4.99 Å². The molecule has 1 aliphatic heterocycles. The molecule has 7 nitrogen and oxygen atoms in total. The van der Waals surface area contributed by atoms with Gasteiger partial charge in [-0.3, -0.25) is 4.89 Å². The molecule has 0 aromatic carbocycles. The summed E-state index contributed by atoms with van der Waals surface area (Å²) in [6.07, 6.45) is 3.85. The van der Waals surface area contributed by atoms with Gasteiger partial charge in [0, 0.05) is 25.5 Å². The summed E-state index contributed by atoms with van der Waals surface area (Å²) < 4.78 is 0. The largest absolute Gasteiger partial charge is 0.351 e. The molecule has 0 spiro atoms. The van der Waals surface area contributed by atoms with Crippen LogP contribution in [-0.2, 0) is 4.99 Å². The van der Waals surface area contributed by atoms with E-state index in [1.54, 1.807) is 6.20 Å². The van der Waals surface area contributed by atoms with Crippen molar-refractivity contribution in [2.45, 2.75) is 6.42 Å². The first-order valence-corrected chi connectivity index (χ1v) is 4.84. The first kappa shape index (κ1) is 10.6. The van der Waals surface area contributed by atoms with E-state index in [1.807, 2.05) is 4.90 Å². The minimum atomic E-state index is 0.0219. The second kappa shape index (κ2) is 4.74. The Balaban J connectivity index is 2.18. The van der Waals surface area contributed by atoms with Crippen LogP contribution < -0.4 is 15.7 Å². The molecule has 0 aliphatic carbocycles. The van der Waals surface area contributed by atoms with E-state index in [0.717, 1.165) is 13.0 Å². The van der Waals surface area contributed by atoms with Crippen molar-refractivity contribution in [1.29, 1.82) is 5.26 Å². The average Bonchev–Trinajstić information content (AvgIpc) is 2.79. The van der Waals surface area contributed by atoms with Crippen LogP contribution in [0.4, 0.5) is 5.82 Å². The van der Waals surface area contributed by atoms with Crippen molar-refractivity contribution in [2.24, 2.45) is 11.8 Å². The Morgan fingerprint density at radius 3 is 3.00 bits per heavy atom. The van der Waals surface area contributed by atoms with E-state index >= 15 is 0 Å². The molecule has 1 aliphatic rings. The number of hydrogen-bond donors (Lipinski definition) is 1. The van der Waals surface area contributed by atoms with Crippen molar-refractivity contribution < 1.29 is 9.88 Å². The Hall–Kier alpha value is -1.91. The van der Waals surface area contributed by atoms with Crippen molar-refractivity contribution in [3.8, 4) is 11.9 Å². The zero-order valence-electron chi connectivity index (χ0n) is 8.54. The number of nitrogens with zero attached hydrogens (tertiary/aromatic N) is 4. The molecule has 1 aromatic rings. The third-order valence-corrected chi connectivity index (χ3v) is 2.44. The number of aromatic nitrogens is 2. The lowest BCUT2D eigenvalue weighted by Crippen LogP contribution is -2.22. The van der Waals surface area contributed by atoms with Gasteiger partial charge in [0.1, 0.15) is 0 Å². The van der Waals surface area contributed by atoms with Crippen LogP contribution >= 0.6 is 0 Å². The highest BCUT2D eigenvalue weighted by molar-refractivity contribution is 5.48. The molecule has 1 atom stereocenters. The van der Waals surface area contributed by atoms with Gasteiger partial charge in [0.2, 0.25) is 0 Å². The summed E-state index contributed by atoms with van der Waals surface area (Å²) in [5.41, 5.74) is 0. The summed E-state index contributed by atoms with van der Waals surface area (Å²) in [4.78, 5) is 18.8. The van der Waals surface area contributed by atoms with Gasteiger partial charge in [-0.2, -0.15) is 11.2 Å². The highest BCUT2D eigenvalue weighted by atomic mass is 17.3. The maximum atomic E-state index is 8.81. The molecule has 2 heterocycles. The Labute approximate surface area is 92.3 Å². The van der Waals surface area contributed by atoms with E-state index in [0.29, 0.717) is 12.4 Å². The first-order valence-electron chi connectivity index (χ1n) is 4.84. The standard InChI is InChI=1S/C9H11N5O2/c10-5-7-1-4-14(6-7)8-9(15-16-11)13-3-2-12-8/h2-3,7H,1,4,6,11H2. The SMILES string of the molecule is N#CC1CCN(c2nccnc2OON)C1. The second-order valence-corrected chi connectivity index (χ2v) is 3.43. The van der Waals surface area contributed by atoms with Gasteiger partial charge >= 0.3 is 5.88 Å². The number of hydrogen-bond acceptors (Lipinski definition) is 7. The van der Waals surface area contributed by atoms with Crippen molar-refractivity contribution in [1.82, 2.24) is 9.97 Å². The molecule has 1 fully saturated rings. The molecule has 2 N–H and O–H groups in total. The van der Waals surface area contributed by atoms with Gasteiger partial charge in [0.15, 0.2) is 5.82 Å². The molecule has 1 aromatic heterocycles. The number of anilines is 1. The topological polar surface area (TPSA) is 97.3 Å². The third-order valence-electron chi connectivity index (χ3n) is 2.44. The number of rotatable bonds is 3. The Morgan fingerprint density at radius 1 is 1.50 bits per heavy atom. The summed E-state index contributed by atoms with van der Waals surface area (Å²) in [5.74, 6) is 5.60. The van der Waals surface area contributed by atoms with Crippen LogP contribution in [0.15, 0.2) is 12.4 Å². The summed E-state index contributed by atoms with van der Waals surface area (Å²) in [6, 6.07) is 2.23.